The van der Waals surface area contributed by atoms with Crippen LogP contribution in [0.15, 0.2) is 44.2 Å². The van der Waals surface area contributed by atoms with Gasteiger partial charge in [-0.05, 0) is 23.9 Å². The van der Waals surface area contributed by atoms with Gasteiger partial charge in [0.15, 0.2) is 11.4 Å². The fourth-order valence-electron chi connectivity index (χ4n) is 1.81. The minimum absolute atomic E-state index is 0.242. The average molecular weight is 303 g/mol. The van der Waals surface area contributed by atoms with Crippen LogP contribution in [-0.2, 0) is 7.05 Å². The van der Waals surface area contributed by atoms with Crippen molar-refractivity contribution in [3.05, 3.63) is 50.8 Å². The van der Waals surface area contributed by atoms with E-state index >= 15 is 0 Å². The molecule has 106 valence electrons. The van der Waals surface area contributed by atoms with Gasteiger partial charge in [-0.2, -0.15) is 4.98 Å². The number of aldehydes is 1. The Bertz CT molecular complexity index is 955. The molecule has 0 bridgehead atoms. The first kappa shape index (κ1) is 13.3. The van der Waals surface area contributed by atoms with Crippen molar-refractivity contribution >= 4 is 23.7 Å². The number of aromatic nitrogens is 5. The van der Waals surface area contributed by atoms with Gasteiger partial charge in [0.05, 0.1) is 0 Å². The Balaban J connectivity index is 2.14. The highest BCUT2D eigenvalue weighted by molar-refractivity contribution is 7.99. The third-order valence-corrected chi connectivity index (χ3v) is 3.82. The minimum atomic E-state index is -0.882. The van der Waals surface area contributed by atoms with Crippen molar-refractivity contribution in [3.63, 3.8) is 0 Å². The topological polar surface area (TPSA) is 102 Å². The van der Waals surface area contributed by atoms with E-state index in [2.05, 4.69) is 15.1 Å². The van der Waals surface area contributed by atoms with Crippen LogP contribution in [0.3, 0.4) is 0 Å². The monoisotopic (exact) mass is 303 g/mol. The number of carbonyl (C=O) groups excluding carboxylic acids is 1. The summed E-state index contributed by atoms with van der Waals surface area (Å²) in [6, 6.07) is 5.35. The first-order valence-electron chi connectivity index (χ1n) is 5.87. The minimum Gasteiger partial charge on any atom is -0.296 e. The number of hydrogen-bond acceptors (Lipinski definition) is 6. The molecule has 0 saturated heterocycles. The molecule has 0 saturated carbocycles. The number of hydrogen-bond donors (Lipinski definition) is 1. The van der Waals surface area contributed by atoms with Crippen molar-refractivity contribution in [2.45, 2.75) is 10.2 Å². The number of nitrogens with zero attached hydrogens (tertiary/aromatic N) is 4. The van der Waals surface area contributed by atoms with Gasteiger partial charge in [-0.25, -0.2) is 4.98 Å². The Morgan fingerprint density at radius 1 is 1.29 bits per heavy atom. The van der Waals surface area contributed by atoms with E-state index in [0.717, 1.165) is 11.8 Å². The molecule has 0 aliphatic heterocycles. The van der Waals surface area contributed by atoms with Crippen molar-refractivity contribution in [3.8, 4) is 0 Å². The van der Waals surface area contributed by atoms with Gasteiger partial charge in [-0.3, -0.25) is 28.6 Å². The van der Waals surface area contributed by atoms with Crippen LogP contribution in [0.4, 0.5) is 0 Å². The first-order chi connectivity index (χ1) is 10.1. The number of imidazole rings is 1. The molecule has 0 amide bonds. The van der Waals surface area contributed by atoms with E-state index in [-0.39, 0.29) is 5.16 Å². The van der Waals surface area contributed by atoms with Gasteiger partial charge in [0.1, 0.15) is 16.4 Å². The number of aryl methyl sites for hydroxylation is 1. The number of H-pyrrole nitrogens is 1. The molecule has 3 heterocycles. The molecule has 3 aromatic rings. The molecule has 3 rings (SSSR count). The highest BCUT2D eigenvalue weighted by Crippen LogP contribution is 2.27. The fourth-order valence-corrected chi connectivity index (χ4v) is 2.69. The number of carbonyl (C=O) groups is 1. The second-order valence-corrected chi connectivity index (χ2v) is 5.11. The molecule has 0 aliphatic carbocycles. The summed E-state index contributed by atoms with van der Waals surface area (Å²) in [4.78, 5) is 41.8. The quantitative estimate of drug-likeness (QED) is 0.543. The number of fused-ring (bicyclic) bond motifs is 1. The van der Waals surface area contributed by atoms with Crippen molar-refractivity contribution in [2.75, 3.05) is 0 Å². The molecule has 9 heteroatoms. The molecule has 0 radical (unpaired) electrons. The summed E-state index contributed by atoms with van der Waals surface area (Å²) in [6.07, 6.45) is 2.40. The van der Waals surface area contributed by atoms with E-state index in [1.807, 2.05) is 0 Å². The summed E-state index contributed by atoms with van der Waals surface area (Å²) < 4.78 is 2.95. The Morgan fingerprint density at radius 2 is 2.10 bits per heavy atom. The normalized spacial score (nSPS) is 10.9. The Morgan fingerprint density at radius 3 is 2.86 bits per heavy atom. The number of nitrogens with one attached hydrogen (secondary N) is 1. The van der Waals surface area contributed by atoms with E-state index in [0.29, 0.717) is 22.7 Å². The third kappa shape index (κ3) is 2.27. The first-order valence-corrected chi connectivity index (χ1v) is 6.69. The van der Waals surface area contributed by atoms with Gasteiger partial charge >= 0.3 is 11.1 Å². The van der Waals surface area contributed by atoms with Crippen LogP contribution in [0.5, 0.6) is 0 Å². The van der Waals surface area contributed by atoms with Crippen LogP contribution in [0.1, 0.15) is 10.5 Å². The fraction of sp³-hybridized carbons (Fsp3) is 0.0833. The van der Waals surface area contributed by atoms with Gasteiger partial charge in [-0.15, -0.1) is 0 Å². The summed E-state index contributed by atoms with van der Waals surface area (Å²) in [5.41, 5.74) is -0.716. The predicted molar refractivity (Wildman–Crippen MR) is 74.8 cm³/mol. The highest BCUT2D eigenvalue weighted by Gasteiger charge is 2.15. The Kier molecular flexibility index (Phi) is 3.18. The molecule has 21 heavy (non-hydrogen) atoms. The van der Waals surface area contributed by atoms with Crippen LogP contribution < -0.4 is 11.1 Å². The van der Waals surface area contributed by atoms with Crippen molar-refractivity contribution < 1.29 is 4.79 Å². The van der Waals surface area contributed by atoms with Crippen LogP contribution in [0.25, 0.3) is 5.65 Å². The predicted octanol–water partition coefficient (Wildman–Crippen LogP) is 0.0800. The maximum atomic E-state index is 11.3. The van der Waals surface area contributed by atoms with Crippen molar-refractivity contribution in [2.24, 2.45) is 7.05 Å². The second kappa shape index (κ2) is 5.02. The number of rotatable bonds is 3. The van der Waals surface area contributed by atoms with E-state index < -0.39 is 11.1 Å². The molecule has 1 N–H and O–H groups in total. The zero-order valence-corrected chi connectivity index (χ0v) is 11.6. The molecule has 0 spiro atoms. The maximum absolute atomic E-state index is 11.3. The lowest BCUT2D eigenvalue weighted by Crippen LogP contribution is -2.33. The summed E-state index contributed by atoms with van der Waals surface area (Å²) >= 11 is 1.03. The van der Waals surface area contributed by atoms with E-state index in [1.54, 1.807) is 35.8 Å². The Labute approximate surface area is 121 Å². The zero-order chi connectivity index (χ0) is 15.0. The van der Waals surface area contributed by atoms with E-state index in [4.69, 9.17) is 0 Å². The number of aromatic amines is 1. The van der Waals surface area contributed by atoms with Crippen molar-refractivity contribution in [1.29, 1.82) is 0 Å². The molecule has 0 fully saturated rings. The number of pyridine rings is 1. The molecule has 8 nitrogen and oxygen atoms in total. The Hall–Kier alpha value is -2.68. The van der Waals surface area contributed by atoms with Crippen LogP contribution in [0, 0.1) is 0 Å². The van der Waals surface area contributed by atoms with E-state index in [1.165, 1.54) is 4.68 Å². The maximum Gasteiger partial charge on any atom is 0.339 e. The molecule has 0 atom stereocenters. The zero-order valence-electron chi connectivity index (χ0n) is 10.8. The summed E-state index contributed by atoms with van der Waals surface area (Å²) in [6.45, 7) is 0. The van der Waals surface area contributed by atoms with Crippen LogP contribution in [-0.4, -0.2) is 30.4 Å². The molecule has 3 aromatic heterocycles. The summed E-state index contributed by atoms with van der Waals surface area (Å²) in [7, 11) is 1.55. The third-order valence-electron chi connectivity index (χ3n) is 2.78. The highest BCUT2D eigenvalue weighted by atomic mass is 32.2. The van der Waals surface area contributed by atoms with Crippen LogP contribution >= 0.6 is 11.8 Å². The van der Waals surface area contributed by atoms with Crippen LogP contribution in [0.2, 0.25) is 0 Å². The molecular weight excluding hydrogens is 294 g/mol. The van der Waals surface area contributed by atoms with Gasteiger partial charge in [0, 0.05) is 13.2 Å². The van der Waals surface area contributed by atoms with Gasteiger partial charge in [0.25, 0.3) is 0 Å². The van der Waals surface area contributed by atoms with Gasteiger partial charge < -0.3 is 0 Å². The standard InChI is InChI=1S/C12H9N5O3S/c1-16-12(14-9(19)10(20)15-16)21-11-7(6-18)17-5-3-2-4-8(17)13-11/h2-6H,1H3,(H,15,20). The molecule has 0 aromatic carbocycles. The smallest absolute Gasteiger partial charge is 0.296 e. The molecule has 0 unspecified atom stereocenters. The van der Waals surface area contributed by atoms with Gasteiger partial charge in [-0.1, -0.05) is 6.07 Å². The largest absolute Gasteiger partial charge is 0.339 e. The van der Waals surface area contributed by atoms with E-state index in [9.17, 15) is 14.4 Å². The lowest BCUT2D eigenvalue weighted by Gasteiger charge is -2.03. The molecular formula is C12H9N5O3S. The summed E-state index contributed by atoms with van der Waals surface area (Å²) in [5, 5.41) is 2.99. The average Bonchev–Trinajstić information content (AvgIpc) is 2.81. The lowest BCUT2D eigenvalue weighted by molar-refractivity contribution is 0.111. The van der Waals surface area contributed by atoms with Gasteiger partial charge in [0.2, 0.25) is 0 Å². The lowest BCUT2D eigenvalue weighted by atomic mass is 10.4. The SMILES string of the molecule is Cn1[nH]c(=O)c(=O)nc1Sc1nc2ccccn2c1C=O. The van der Waals surface area contributed by atoms with Crippen molar-refractivity contribution in [1.82, 2.24) is 24.1 Å². The second-order valence-electron chi connectivity index (χ2n) is 4.15. The summed E-state index contributed by atoms with van der Waals surface area (Å²) in [5.74, 6) is 0. The molecule has 0 aliphatic rings.